The first-order valence-corrected chi connectivity index (χ1v) is 5.92. The summed E-state index contributed by atoms with van der Waals surface area (Å²) in [6.45, 7) is 3.32. The van der Waals surface area contributed by atoms with E-state index in [1.165, 1.54) is 0 Å². The van der Waals surface area contributed by atoms with E-state index in [0.717, 1.165) is 0 Å². The second-order valence-corrected chi connectivity index (χ2v) is 4.49. The van der Waals surface area contributed by atoms with Crippen molar-refractivity contribution in [1.29, 1.82) is 0 Å². The highest BCUT2D eigenvalue weighted by molar-refractivity contribution is 5.86. The molecule has 7 heteroatoms. The van der Waals surface area contributed by atoms with Gasteiger partial charge in [0.25, 0.3) is 0 Å². The van der Waals surface area contributed by atoms with Crippen molar-refractivity contribution in [3.63, 3.8) is 0 Å². The third-order valence-corrected chi connectivity index (χ3v) is 3.09. The maximum Gasteiger partial charge on any atom is 0.372 e. The summed E-state index contributed by atoms with van der Waals surface area (Å²) in [6.07, 6.45) is 0. The monoisotopic (exact) mass is 268 g/mol. The van der Waals surface area contributed by atoms with E-state index in [-0.39, 0.29) is 12.4 Å². The molecule has 1 fully saturated rings. The van der Waals surface area contributed by atoms with Crippen molar-refractivity contribution in [3.8, 4) is 0 Å². The molecule has 0 aliphatic carbocycles. The number of ether oxygens (including phenoxy) is 1. The second-order valence-electron chi connectivity index (χ2n) is 4.49. The lowest BCUT2D eigenvalue weighted by atomic mass is 10.2. The Labute approximate surface area is 109 Å². The third-order valence-electron chi connectivity index (χ3n) is 3.09. The van der Waals surface area contributed by atoms with Crippen molar-refractivity contribution in [2.24, 2.45) is 5.73 Å². The third kappa shape index (κ3) is 2.94. The van der Waals surface area contributed by atoms with Gasteiger partial charge in [0.2, 0.25) is 11.7 Å². The largest absolute Gasteiger partial charge is 0.475 e. The number of aromatic carboxylic acids is 1. The van der Waals surface area contributed by atoms with Crippen LogP contribution in [0.3, 0.4) is 0 Å². The predicted molar refractivity (Wildman–Crippen MR) is 64.6 cm³/mol. The fourth-order valence-corrected chi connectivity index (χ4v) is 2.13. The number of carboxylic acid groups (broad SMARTS) is 1. The van der Waals surface area contributed by atoms with Crippen molar-refractivity contribution in [3.05, 3.63) is 23.2 Å². The van der Waals surface area contributed by atoms with Crippen molar-refractivity contribution in [1.82, 2.24) is 4.90 Å². The summed E-state index contributed by atoms with van der Waals surface area (Å²) in [4.78, 5) is 24.0. The Balaban J connectivity index is 2.13. The zero-order valence-electron chi connectivity index (χ0n) is 10.6. The molecule has 0 bridgehead atoms. The molecule has 7 nitrogen and oxygen atoms in total. The smallest absolute Gasteiger partial charge is 0.372 e. The predicted octanol–water partition coefficient (Wildman–Crippen LogP) is -0.0277. The first kappa shape index (κ1) is 13.6. The van der Waals surface area contributed by atoms with E-state index >= 15 is 0 Å². The molecule has 0 aromatic carbocycles. The van der Waals surface area contributed by atoms with Gasteiger partial charge in [-0.25, -0.2) is 4.79 Å². The highest BCUT2D eigenvalue weighted by Crippen LogP contribution is 2.18. The number of aryl methyl sites for hydroxylation is 1. The molecule has 1 atom stereocenters. The molecule has 2 heterocycles. The standard InChI is InChI=1S/C12H16N2O5/c1-7-4-8(19-10(7)12(16)17)5-14-2-3-18-6-9(14)11(13)15/h4,9H,2-3,5-6H2,1H3,(H2,13,15)(H,16,17). The number of primary amides is 1. The zero-order chi connectivity index (χ0) is 14.0. The van der Waals surface area contributed by atoms with Crippen LogP contribution in [-0.2, 0) is 16.1 Å². The molecule has 104 valence electrons. The van der Waals surface area contributed by atoms with Gasteiger partial charge >= 0.3 is 5.97 Å². The summed E-state index contributed by atoms with van der Waals surface area (Å²) in [5.74, 6) is -1.12. The second kappa shape index (κ2) is 5.41. The fourth-order valence-electron chi connectivity index (χ4n) is 2.13. The van der Waals surface area contributed by atoms with Gasteiger partial charge in [-0.1, -0.05) is 0 Å². The van der Waals surface area contributed by atoms with E-state index in [9.17, 15) is 9.59 Å². The normalized spacial score (nSPS) is 20.4. The Morgan fingerprint density at radius 1 is 1.58 bits per heavy atom. The van der Waals surface area contributed by atoms with Crippen molar-refractivity contribution >= 4 is 11.9 Å². The van der Waals surface area contributed by atoms with Crippen molar-refractivity contribution < 1.29 is 23.8 Å². The Bertz CT molecular complexity index is 496. The molecule has 1 unspecified atom stereocenters. The number of hydrogen-bond acceptors (Lipinski definition) is 5. The average molecular weight is 268 g/mol. The molecule has 0 spiro atoms. The van der Waals surface area contributed by atoms with Crippen LogP contribution < -0.4 is 5.73 Å². The van der Waals surface area contributed by atoms with Gasteiger partial charge in [0.05, 0.1) is 19.8 Å². The highest BCUT2D eigenvalue weighted by Gasteiger charge is 2.28. The van der Waals surface area contributed by atoms with Gasteiger partial charge in [-0.15, -0.1) is 0 Å². The summed E-state index contributed by atoms with van der Waals surface area (Å²) in [5, 5.41) is 8.92. The van der Waals surface area contributed by atoms with Gasteiger partial charge in [0, 0.05) is 12.1 Å². The lowest BCUT2D eigenvalue weighted by Gasteiger charge is -2.32. The maximum atomic E-state index is 11.3. The molecule has 0 saturated carbocycles. The van der Waals surface area contributed by atoms with Gasteiger partial charge in [0.1, 0.15) is 11.8 Å². The number of hydrogen-bond donors (Lipinski definition) is 2. The first-order chi connectivity index (χ1) is 8.99. The first-order valence-electron chi connectivity index (χ1n) is 5.92. The van der Waals surface area contributed by atoms with Crippen LogP contribution in [0.25, 0.3) is 0 Å². The van der Waals surface area contributed by atoms with Gasteiger partial charge in [0.15, 0.2) is 0 Å². The summed E-state index contributed by atoms with van der Waals surface area (Å²) in [7, 11) is 0. The van der Waals surface area contributed by atoms with Gasteiger partial charge in [-0.05, 0) is 13.0 Å². The number of carbonyl (C=O) groups is 2. The molecule has 1 amide bonds. The van der Waals surface area contributed by atoms with E-state index in [2.05, 4.69) is 0 Å². The molecule has 1 aromatic rings. The summed E-state index contributed by atoms with van der Waals surface area (Å²) >= 11 is 0. The molecular formula is C12H16N2O5. The van der Waals surface area contributed by atoms with Crippen LogP contribution in [0.5, 0.6) is 0 Å². The Hall–Kier alpha value is -1.86. The number of amides is 1. The van der Waals surface area contributed by atoms with E-state index < -0.39 is 17.9 Å². The zero-order valence-corrected chi connectivity index (χ0v) is 10.6. The highest BCUT2D eigenvalue weighted by atomic mass is 16.5. The molecular weight excluding hydrogens is 252 g/mol. The van der Waals surface area contributed by atoms with Crippen LogP contribution >= 0.6 is 0 Å². The molecule has 1 saturated heterocycles. The number of furan rings is 1. The van der Waals surface area contributed by atoms with E-state index in [1.807, 2.05) is 4.90 Å². The molecule has 1 aromatic heterocycles. The number of carbonyl (C=O) groups excluding carboxylic acids is 1. The number of morpholine rings is 1. The summed E-state index contributed by atoms with van der Waals surface area (Å²) in [5.41, 5.74) is 5.87. The number of rotatable bonds is 4. The van der Waals surface area contributed by atoms with Crippen LogP contribution in [-0.4, -0.2) is 47.7 Å². The minimum Gasteiger partial charge on any atom is -0.475 e. The molecule has 0 radical (unpaired) electrons. The SMILES string of the molecule is Cc1cc(CN2CCOCC2C(N)=O)oc1C(=O)O. The van der Waals surface area contributed by atoms with E-state index in [1.54, 1.807) is 13.0 Å². The number of carboxylic acids is 1. The molecule has 2 rings (SSSR count). The molecule has 19 heavy (non-hydrogen) atoms. The van der Waals surface area contributed by atoms with Crippen LogP contribution in [0.4, 0.5) is 0 Å². The molecule has 1 aliphatic rings. The van der Waals surface area contributed by atoms with E-state index in [0.29, 0.717) is 31.0 Å². The topological polar surface area (TPSA) is 106 Å². The van der Waals surface area contributed by atoms with Crippen molar-refractivity contribution in [2.45, 2.75) is 19.5 Å². The van der Waals surface area contributed by atoms with Crippen LogP contribution in [0.15, 0.2) is 10.5 Å². The fraction of sp³-hybridized carbons (Fsp3) is 0.500. The maximum absolute atomic E-state index is 11.3. The summed E-state index contributed by atoms with van der Waals surface area (Å²) in [6, 6.07) is 1.16. The van der Waals surface area contributed by atoms with Crippen LogP contribution in [0.1, 0.15) is 21.9 Å². The van der Waals surface area contributed by atoms with Gasteiger partial charge < -0.3 is 20.0 Å². The minimum absolute atomic E-state index is 0.0705. The molecule has 3 N–H and O–H groups in total. The summed E-state index contributed by atoms with van der Waals surface area (Å²) < 4.78 is 10.5. The average Bonchev–Trinajstić information content (AvgIpc) is 2.71. The van der Waals surface area contributed by atoms with Gasteiger partial charge in [-0.3, -0.25) is 9.69 Å². The Morgan fingerprint density at radius 3 is 2.89 bits per heavy atom. The van der Waals surface area contributed by atoms with Crippen LogP contribution in [0, 0.1) is 6.92 Å². The quantitative estimate of drug-likeness (QED) is 0.794. The Morgan fingerprint density at radius 2 is 2.32 bits per heavy atom. The van der Waals surface area contributed by atoms with E-state index in [4.69, 9.17) is 20.0 Å². The molecule has 1 aliphatic heterocycles. The van der Waals surface area contributed by atoms with Gasteiger partial charge in [-0.2, -0.15) is 0 Å². The van der Waals surface area contributed by atoms with Crippen LogP contribution in [0.2, 0.25) is 0 Å². The van der Waals surface area contributed by atoms with Crippen molar-refractivity contribution in [2.75, 3.05) is 19.8 Å². The number of nitrogens with zero attached hydrogens (tertiary/aromatic N) is 1. The number of nitrogens with two attached hydrogens (primary N) is 1. The lowest BCUT2D eigenvalue weighted by Crippen LogP contribution is -2.51. The lowest BCUT2D eigenvalue weighted by molar-refractivity contribution is -0.129. The minimum atomic E-state index is -1.10. The Kier molecular flexibility index (Phi) is 3.87.